The van der Waals surface area contributed by atoms with Crippen molar-refractivity contribution in [2.45, 2.75) is 43.9 Å². The Morgan fingerprint density at radius 1 is 1.10 bits per heavy atom. The van der Waals surface area contributed by atoms with Gasteiger partial charge in [0.05, 0.1) is 12.5 Å². The molecule has 0 radical (unpaired) electrons. The van der Waals surface area contributed by atoms with Crippen LogP contribution in [-0.2, 0) is 6.54 Å². The molecule has 3 atom stereocenters. The summed E-state index contributed by atoms with van der Waals surface area (Å²) < 4.78 is 0. The molecular weight excluding hydrogens is 262 g/mol. The number of nitrogens with one attached hydrogen (secondary N) is 1. The van der Waals surface area contributed by atoms with Crippen molar-refractivity contribution in [2.75, 3.05) is 0 Å². The maximum absolute atomic E-state index is 11.1. The fourth-order valence-corrected chi connectivity index (χ4v) is 2.63. The van der Waals surface area contributed by atoms with Crippen LogP contribution < -0.4 is 5.32 Å². The molecule has 7 nitrogen and oxygen atoms in total. The van der Waals surface area contributed by atoms with E-state index in [9.17, 15) is 20.2 Å². The molecule has 1 aromatic rings. The number of hydrogen-bond acceptors (Lipinski definition) is 5. The predicted molar refractivity (Wildman–Crippen MR) is 72.5 cm³/mol. The quantitative estimate of drug-likeness (QED) is 0.652. The summed E-state index contributed by atoms with van der Waals surface area (Å²) in [4.78, 5) is 21.1. The van der Waals surface area contributed by atoms with Crippen LogP contribution in [0.4, 0.5) is 0 Å². The highest BCUT2D eigenvalue weighted by Crippen LogP contribution is 2.23. The normalized spacial score (nSPS) is 26.1. The van der Waals surface area contributed by atoms with Gasteiger partial charge in [0.15, 0.2) is 0 Å². The van der Waals surface area contributed by atoms with E-state index in [2.05, 4.69) is 5.32 Å². The van der Waals surface area contributed by atoms with Crippen molar-refractivity contribution in [3.8, 4) is 0 Å². The van der Waals surface area contributed by atoms with E-state index in [1.165, 1.54) is 0 Å². The Kier molecular flexibility index (Phi) is 4.62. The van der Waals surface area contributed by atoms with Gasteiger partial charge >= 0.3 is 0 Å². The topological polar surface area (TPSA) is 98.3 Å². The second kappa shape index (κ2) is 6.42. The van der Waals surface area contributed by atoms with Crippen molar-refractivity contribution in [1.82, 2.24) is 5.32 Å². The molecule has 0 amide bonds. The third-order valence-corrected chi connectivity index (χ3v) is 3.77. The highest BCUT2D eigenvalue weighted by molar-refractivity contribution is 5.14. The third-order valence-electron chi connectivity index (χ3n) is 3.77. The second-order valence-corrected chi connectivity index (χ2v) is 5.08. The van der Waals surface area contributed by atoms with E-state index in [0.717, 1.165) is 5.56 Å². The van der Waals surface area contributed by atoms with Crippen molar-refractivity contribution >= 4 is 0 Å². The summed E-state index contributed by atoms with van der Waals surface area (Å²) >= 11 is 0. The molecule has 0 saturated heterocycles. The van der Waals surface area contributed by atoms with Gasteiger partial charge in [-0.15, -0.1) is 0 Å². The largest absolute Gasteiger partial charge is 0.304 e. The lowest BCUT2D eigenvalue weighted by molar-refractivity contribution is -0.570. The van der Waals surface area contributed by atoms with Gasteiger partial charge < -0.3 is 5.32 Å². The van der Waals surface area contributed by atoms with E-state index in [0.29, 0.717) is 19.4 Å². The predicted octanol–water partition coefficient (Wildman–Crippen LogP) is 1.62. The fourth-order valence-electron chi connectivity index (χ4n) is 2.63. The molecule has 0 aromatic heterocycles. The van der Waals surface area contributed by atoms with Gasteiger partial charge in [-0.1, -0.05) is 30.3 Å². The molecule has 108 valence electrons. The van der Waals surface area contributed by atoms with Crippen LogP contribution in [0.15, 0.2) is 30.3 Å². The Morgan fingerprint density at radius 2 is 1.80 bits per heavy atom. The van der Waals surface area contributed by atoms with Crippen LogP contribution in [0.5, 0.6) is 0 Å². The summed E-state index contributed by atoms with van der Waals surface area (Å²) in [6, 6.07) is 7.63. The number of hydrogen-bond donors (Lipinski definition) is 1. The molecule has 1 aliphatic rings. The number of nitrogens with zero attached hydrogens (tertiary/aromatic N) is 2. The average molecular weight is 279 g/mol. The van der Waals surface area contributed by atoms with Gasteiger partial charge in [-0.3, -0.25) is 20.2 Å². The lowest BCUT2D eigenvalue weighted by Crippen LogP contribution is -2.50. The van der Waals surface area contributed by atoms with E-state index in [1.54, 1.807) is 0 Å². The fraction of sp³-hybridized carbons (Fsp3) is 0.538. The van der Waals surface area contributed by atoms with Crippen molar-refractivity contribution in [3.05, 3.63) is 56.1 Å². The highest BCUT2D eigenvalue weighted by atomic mass is 16.6. The van der Waals surface area contributed by atoms with Gasteiger partial charge in [0.25, 0.3) is 0 Å². The monoisotopic (exact) mass is 279 g/mol. The van der Waals surface area contributed by atoms with Crippen molar-refractivity contribution in [2.24, 2.45) is 0 Å². The minimum absolute atomic E-state index is 0.00641. The maximum Gasteiger partial charge on any atom is 0.234 e. The van der Waals surface area contributed by atoms with Crippen LogP contribution in [0.25, 0.3) is 0 Å². The van der Waals surface area contributed by atoms with E-state index >= 15 is 0 Å². The summed E-state index contributed by atoms with van der Waals surface area (Å²) in [5, 5.41) is 25.0. The number of nitro groups is 2. The molecule has 1 aromatic carbocycles. The SMILES string of the molecule is O=[N+]([O-])C1CCC(NCc2ccccc2)C([N+](=O)[O-])C1. The Labute approximate surface area is 116 Å². The molecule has 1 aliphatic carbocycles. The van der Waals surface area contributed by atoms with Gasteiger partial charge in [-0.25, -0.2) is 0 Å². The first kappa shape index (κ1) is 14.4. The molecule has 3 unspecified atom stereocenters. The van der Waals surface area contributed by atoms with Crippen LogP contribution in [-0.4, -0.2) is 28.0 Å². The van der Waals surface area contributed by atoms with E-state index in [4.69, 9.17) is 0 Å². The minimum atomic E-state index is -0.886. The molecule has 0 bridgehead atoms. The summed E-state index contributed by atoms with van der Waals surface area (Å²) in [6.45, 7) is 0.541. The Hall–Kier alpha value is -2.02. The maximum atomic E-state index is 11.1. The van der Waals surface area contributed by atoms with Crippen molar-refractivity contribution in [1.29, 1.82) is 0 Å². The molecule has 1 N–H and O–H groups in total. The van der Waals surface area contributed by atoms with Gasteiger partial charge in [-0.05, 0) is 12.0 Å². The zero-order valence-corrected chi connectivity index (χ0v) is 11.0. The zero-order chi connectivity index (χ0) is 14.5. The first-order valence-corrected chi connectivity index (χ1v) is 6.62. The zero-order valence-electron chi connectivity index (χ0n) is 11.0. The molecule has 1 saturated carbocycles. The Morgan fingerprint density at radius 3 is 2.40 bits per heavy atom. The van der Waals surface area contributed by atoms with Gasteiger partial charge in [0.2, 0.25) is 12.1 Å². The first-order chi connectivity index (χ1) is 9.58. The molecular formula is C13H17N3O4. The molecule has 7 heteroatoms. The molecule has 0 spiro atoms. The number of rotatable bonds is 5. The summed E-state index contributed by atoms with van der Waals surface area (Å²) in [5.41, 5.74) is 1.05. The lowest BCUT2D eigenvalue weighted by atomic mass is 9.87. The summed E-state index contributed by atoms with van der Waals surface area (Å²) in [6.07, 6.45) is 0.861. The van der Waals surface area contributed by atoms with Crippen LogP contribution >= 0.6 is 0 Å². The molecule has 20 heavy (non-hydrogen) atoms. The van der Waals surface area contributed by atoms with E-state index in [-0.39, 0.29) is 12.5 Å². The Bertz CT molecular complexity index is 480. The van der Waals surface area contributed by atoms with Crippen LogP contribution in [0, 0.1) is 20.2 Å². The third kappa shape index (κ3) is 3.51. The highest BCUT2D eigenvalue weighted by Gasteiger charge is 2.42. The van der Waals surface area contributed by atoms with Crippen LogP contribution in [0.1, 0.15) is 24.8 Å². The van der Waals surface area contributed by atoms with Gasteiger partial charge in [0.1, 0.15) is 0 Å². The minimum Gasteiger partial charge on any atom is -0.304 e. The van der Waals surface area contributed by atoms with E-state index in [1.807, 2.05) is 30.3 Å². The van der Waals surface area contributed by atoms with Crippen molar-refractivity contribution < 1.29 is 9.85 Å². The van der Waals surface area contributed by atoms with Gasteiger partial charge in [0, 0.05) is 22.8 Å². The lowest BCUT2D eigenvalue weighted by Gasteiger charge is -2.27. The Balaban J connectivity index is 1.96. The van der Waals surface area contributed by atoms with E-state index < -0.39 is 21.9 Å². The molecule has 1 fully saturated rings. The molecule has 0 heterocycles. The number of benzene rings is 1. The summed E-state index contributed by atoms with van der Waals surface area (Å²) in [5.74, 6) is 0. The van der Waals surface area contributed by atoms with Crippen LogP contribution in [0.2, 0.25) is 0 Å². The first-order valence-electron chi connectivity index (χ1n) is 6.62. The van der Waals surface area contributed by atoms with Crippen LogP contribution in [0.3, 0.4) is 0 Å². The smallest absolute Gasteiger partial charge is 0.234 e. The second-order valence-electron chi connectivity index (χ2n) is 5.08. The van der Waals surface area contributed by atoms with Crippen molar-refractivity contribution in [3.63, 3.8) is 0 Å². The molecule has 0 aliphatic heterocycles. The summed E-state index contributed by atoms with van der Waals surface area (Å²) in [7, 11) is 0. The standard InChI is InChI=1S/C13H17N3O4/c17-15(18)11-6-7-12(13(8-11)16(19)20)14-9-10-4-2-1-3-5-10/h1-5,11-14H,6-9H2. The van der Waals surface area contributed by atoms with Gasteiger partial charge in [-0.2, -0.15) is 0 Å². The molecule has 2 rings (SSSR count). The average Bonchev–Trinajstić information content (AvgIpc) is 2.45.